The number of ether oxygens (including phenoxy) is 1. The highest BCUT2D eigenvalue weighted by Crippen LogP contribution is 2.22. The second-order valence-corrected chi connectivity index (χ2v) is 5.73. The van der Waals surface area contributed by atoms with Crippen molar-refractivity contribution in [2.75, 3.05) is 44.8 Å². The van der Waals surface area contributed by atoms with Gasteiger partial charge in [0.1, 0.15) is 6.07 Å². The maximum Gasteiger partial charge on any atom is 0.309 e. The molecular weight excluding hydrogens is 324 g/mol. The summed E-state index contributed by atoms with van der Waals surface area (Å²) in [4.78, 5) is 33.6. The summed E-state index contributed by atoms with van der Waals surface area (Å²) < 4.78 is 4.81. The summed E-state index contributed by atoms with van der Waals surface area (Å²) in [6.07, 6.45) is 4.76. The predicted octanol–water partition coefficient (Wildman–Crippen LogP) is -0.557. The number of hydrogen-bond acceptors (Lipinski definition) is 7. The Labute approximate surface area is 146 Å². The first-order valence-electron chi connectivity index (χ1n) is 8.16. The molecule has 2 rings (SSSR count). The van der Waals surface area contributed by atoms with Crippen LogP contribution in [0.5, 0.6) is 0 Å². The van der Waals surface area contributed by atoms with Crippen molar-refractivity contribution in [3.63, 3.8) is 0 Å². The molecule has 0 aliphatic carbocycles. The Hall–Kier alpha value is -2.73. The Balaban J connectivity index is 1.74. The lowest BCUT2D eigenvalue weighted by molar-refractivity contribution is -0.139. The summed E-state index contributed by atoms with van der Waals surface area (Å²) in [7, 11) is 1.53. The first-order chi connectivity index (χ1) is 12.2. The Kier molecular flexibility index (Phi) is 7.10. The summed E-state index contributed by atoms with van der Waals surface area (Å²) in [5, 5.41) is 14.3. The zero-order chi connectivity index (χ0) is 18.1. The van der Waals surface area contributed by atoms with Gasteiger partial charge in [-0.3, -0.25) is 9.59 Å². The molecule has 0 radical (unpaired) electrons. The maximum atomic E-state index is 11.7. The van der Waals surface area contributed by atoms with Crippen LogP contribution in [0.15, 0.2) is 12.4 Å². The molecule has 2 amide bonds. The molecule has 25 heavy (non-hydrogen) atoms. The zero-order valence-corrected chi connectivity index (χ0v) is 14.2. The average molecular weight is 346 g/mol. The summed E-state index contributed by atoms with van der Waals surface area (Å²) in [5.41, 5.74) is 0.321. The van der Waals surface area contributed by atoms with Crippen LogP contribution in [0.3, 0.4) is 0 Å². The maximum absolute atomic E-state index is 11.7. The molecule has 0 spiro atoms. The molecule has 1 aromatic heterocycles. The Morgan fingerprint density at radius 3 is 2.64 bits per heavy atom. The van der Waals surface area contributed by atoms with E-state index >= 15 is 0 Å². The first-order valence-corrected chi connectivity index (χ1v) is 8.16. The number of carbonyl (C=O) groups excluding carboxylic acids is 2. The molecule has 1 aliphatic rings. The molecule has 2 N–H and O–H groups in total. The van der Waals surface area contributed by atoms with Crippen LogP contribution in [-0.2, 0) is 14.3 Å². The Morgan fingerprint density at radius 1 is 1.28 bits per heavy atom. The highest BCUT2D eigenvalue weighted by Gasteiger charge is 2.23. The topological polar surface area (TPSA) is 120 Å². The summed E-state index contributed by atoms with van der Waals surface area (Å²) >= 11 is 0. The highest BCUT2D eigenvalue weighted by atomic mass is 16.5. The van der Waals surface area contributed by atoms with Gasteiger partial charge in [-0.2, -0.15) is 5.26 Å². The average Bonchev–Trinajstić information content (AvgIpc) is 2.66. The molecule has 1 aromatic rings. The van der Waals surface area contributed by atoms with Crippen LogP contribution in [-0.4, -0.2) is 61.7 Å². The van der Waals surface area contributed by atoms with Crippen molar-refractivity contribution >= 4 is 17.6 Å². The van der Waals surface area contributed by atoms with E-state index in [1.807, 2.05) is 4.90 Å². The first kappa shape index (κ1) is 18.6. The number of piperidine rings is 1. The minimum atomic E-state index is -0.646. The smallest absolute Gasteiger partial charge is 0.309 e. The van der Waals surface area contributed by atoms with Gasteiger partial charge in [0.05, 0.1) is 6.61 Å². The highest BCUT2D eigenvalue weighted by molar-refractivity contribution is 6.35. The van der Waals surface area contributed by atoms with Gasteiger partial charge >= 0.3 is 11.8 Å². The van der Waals surface area contributed by atoms with Gasteiger partial charge in [-0.1, -0.05) is 0 Å². The number of nitriles is 1. The summed E-state index contributed by atoms with van der Waals surface area (Å²) in [6.45, 7) is 2.59. The molecule has 0 unspecified atom stereocenters. The zero-order valence-electron chi connectivity index (χ0n) is 14.2. The lowest BCUT2D eigenvalue weighted by Crippen LogP contribution is -2.44. The Bertz CT molecular complexity index is 637. The molecule has 1 saturated heterocycles. The van der Waals surface area contributed by atoms with E-state index in [2.05, 4.69) is 26.7 Å². The van der Waals surface area contributed by atoms with Crippen LogP contribution in [0.25, 0.3) is 0 Å². The normalized spacial score (nSPS) is 14.6. The van der Waals surface area contributed by atoms with Crippen LogP contribution in [0, 0.1) is 17.2 Å². The van der Waals surface area contributed by atoms with Crippen molar-refractivity contribution in [1.29, 1.82) is 5.26 Å². The number of carbonyl (C=O) groups is 2. The molecule has 1 aliphatic heterocycles. The van der Waals surface area contributed by atoms with Crippen LogP contribution < -0.4 is 15.5 Å². The molecule has 2 heterocycles. The van der Waals surface area contributed by atoms with Crippen LogP contribution >= 0.6 is 0 Å². The number of amides is 2. The molecule has 0 atom stereocenters. The van der Waals surface area contributed by atoms with Gasteiger partial charge < -0.3 is 20.3 Å². The lowest BCUT2D eigenvalue weighted by atomic mass is 9.96. The third-order valence-corrected chi connectivity index (χ3v) is 4.05. The molecule has 9 nitrogen and oxygen atoms in total. The number of methoxy groups -OCH3 is 1. The molecule has 0 bridgehead atoms. The number of anilines is 1. The number of nitrogens with one attached hydrogen (secondary N) is 2. The van der Waals surface area contributed by atoms with Gasteiger partial charge in [0.25, 0.3) is 0 Å². The van der Waals surface area contributed by atoms with E-state index in [-0.39, 0.29) is 5.92 Å². The quantitative estimate of drug-likeness (QED) is 0.523. The van der Waals surface area contributed by atoms with Gasteiger partial charge in [0.2, 0.25) is 0 Å². The predicted molar refractivity (Wildman–Crippen MR) is 89.6 cm³/mol. The minimum absolute atomic E-state index is 0.286. The van der Waals surface area contributed by atoms with Crippen LogP contribution in [0.1, 0.15) is 18.5 Å². The van der Waals surface area contributed by atoms with Crippen molar-refractivity contribution in [2.45, 2.75) is 12.8 Å². The van der Waals surface area contributed by atoms with E-state index in [9.17, 15) is 9.59 Å². The number of nitrogens with zero attached hydrogens (tertiary/aromatic N) is 4. The fourth-order valence-electron chi connectivity index (χ4n) is 2.65. The van der Waals surface area contributed by atoms with Gasteiger partial charge in [0.15, 0.2) is 11.5 Å². The van der Waals surface area contributed by atoms with Crippen molar-refractivity contribution in [3.8, 4) is 6.07 Å². The van der Waals surface area contributed by atoms with Crippen molar-refractivity contribution in [2.24, 2.45) is 5.92 Å². The van der Waals surface area contributed by atoms with Gasteiger partial charge in [-0.15, -0.1) is 0 Å². The molecule has 0 saturated carbocycles. The fraction of sp³-hybridized carbons (Fsp3) is 0.562. The summed E-state index contributed by atoms with van der Waals surface area (Å²) in [6, 6.07) is 2.05. The fourth-order valence-corrected chi connectivity index (χ4v) is 2.65. The lowest BCUT2D eigenvalue weighted by Gasteiger charge is -2.32. The van der Waals surface area contributed by atoms with E-state index in [1.54, 1.807) is 6.20 Å². The molecule has 1 fully saturated rings. The monoisotopic (exact) mass is 346 g/mol. The van der Waals surface area contributed by atoms with Gasteiger partial charge in [-0.05, 0) is 18.8 Å². The molecule has 0 aromatic carbocycles. The van der Waals surface area contributed by atoms with E-state index in [0.29, 0.717) is 31.2 Å². The largest absolute Gasteiger partial charge is 0.383 e. The SMILES string of the molecule is COCCNC(=O)C(=O)NCC1CCN(c2nccnc2C#N)CC1. The Morgan fingerprint density at radius 2 is 1.96 bits per heavy atom. The van der Waals surface area contributed by atoms with Crippen molar-refractivity contribution in [1.82, 2.24) is 20.6 Å². The van der Waals surface area contributed by atoms with Gasteiger partial charge in [0, 0.05) is 45.7 Å². The van der Waals surface area contributed by atoms with Crippen LogP contribution in [0.4, 0.5) is 5.82 Å². The van der Waals surface area contributed by atoms with Gasteiger partial charge in [-0.25, -0.2) is 9.97 Å². The van der Waals surface area contributed by atoms with Crippen molar-refractivity contribution in [3.05, 3.63) is 18.1 Å². The number of rotatable bonds is 6. The number of hydrogen-bond donors (Lipinski definition) is 2. The second-order valence-electron chi connectivity index (χ2n) is 5.73. The molecular formula is C16H22N6O3. The molecule has 134 valence electrons. The third kappa shape index (κ3) is 5.39. The van der Waals surface area contributed by atoms with E-state index < -0.39 is 11.8 Å². The van der Waals surface area contributed by atoms with Crippen LogP contribution in [0.2, 0.25) is 0 Å². The molecule has 9 heteroatoms. The standard InChI is InChI=1S/C16H22N6O3/c1-25-9-6-20-15(23)16(24)21-11-12-2-7-22(8-3-12)14-13(10-17)18-4-5-19-14/h4-5,12H,2-3,6-9,11H2,1H3,(H,20,23)(H,21,24). The van der Waals surface area contributed by atoms with E-state index in [4.69, 9.17) is 10.00 Å². The number of aromatic nitrogens is 2. The minimum Gasteiger partial charge on any atom is -0.383 e. The summed E-state index contributed by atoms with van der Waals surface area (Å²) in [5.74, 6) is -0.383. The third-order valence-electron chi connectivity index (χ3n) is 4.05. The van der Waals surface area contributed by atoms with Crippen molar-refractivity contribution < 1.29 is 14.3 Å². The van der Waals surface area contributed by atoms with E-state index in [0.717, 1.165) is 25.9 Å². The second kappa shape index (κ2) is 9.54. The van der Waals surface area contributed by atoms with E-state index in [1.165, 1.54) is 13.3 Å².